The molecule has 106 valence electrons. The van der Waals surface area contributed by atoms with Crippen molar-refractivity contribution in [2.45, 2.75) is 0 Å². The fourth-order valence-corrected chi connectivity index (χ4v) is 1.81. The Kier molecular flexibility index (Phi) is 3.13. The zero-order chi connectivity index (χ0) is 15.0. The lowest BCUT2D eigenvalue weighted by Gasteiger charge is -2.03. The van der Waals surface area contributed by atoms with Gasteiger partial charge >= 0.3 is 0 Å². The summed E-state index contributed by atoms with van der Waals surface area (Å²) in [7, 11) is 0. The van der Waals surface area contributed by atoms with Crippen molar-refractivity contribution in [1.29, 1.82) is 0 Å². The predicted octanol–water partition coefficient (Wildman–Crippen LogP) is 3.09. The fourth-order valence-electron chi connectivity index (χ4n) is 1.81. The molecule has 0 atom stereocenters. The zero-order valence-corrected chi connectivity index (χ0v) is 10.2. The van der Waals surface area contributed by atoms with Crippen LogP contribution in [0.3, 0.4) is 0 Å². The normalized spacial score (nSPS) is 10.9. The van der Waals surface area contributed by atoms with E-state index in [9.17, 15) is 17.6 Å². The second kappa shape index (κ2) is 4.97. The van der Waals surface area contributed by atoms with Gasteiger partial charge in [-0.1, -0.05) is 0 Å². The Hall–Kier alpha value is -2.77. The number of H-pyrrole nitrogens is 1. The van der Waals surface area contributed by atoms with Crippen molar-refractivity contribution < 1.29 is 17.6 Å². The largest absolute Gasteiger partial charge is 0.277 e. The van der Waals surface area contributed by atoms with E-state index in [0.717, 1.165) is 0 Å². The average Bonchev–Trinajstić information content (AvgIpc) is 2.99. The lowest BCUT2D eigenvalue weighted by molar-refractivity contribution is 0.410. The molecular weight excluding hydrogens is 288 g/mol. The summed E-state index contributed by atoms with van der Waals surface area (Å²) in [6.45, 7) is 0. The molecule has 0 aliphatic heterocycles. The Morgan fingerprint density at radius 3 is 2.29 bits per heavy atom. The molecule has 3 rings (SSSR count). The van der Waals surface area contributed by atoms with Gasteiger partial charge in [-0.05, 0) is 12.1 Å². The van der Waals surface area contributed by atoms with Crippen molar-refractivity contribution >= 4 is 0 Å². The summed E-state index contributed by atoms with van der Waals surface area (Å²) in [5, 5.41) is 6.31. The van der Waals surface area contributed by atoms with Crippen molar-refractivity contribution in [2.24, 2.45) is 0 Å². The van der Waals surface area contributed by atoms with Gasteiger partial charge in [-0.2, -0.15) is 5.10 Å². The van der Waals surface area contributed by atoms with Crippen LogP contribution in [-0.4, -0.2) is 20.2 Å². The minimum absolute atomic E-state index is 0.00385. The second-order valence-electron chi connectivity index (χ2n) is 4.14. The SMILES string of the molecule is Fc1cc(-c2cc(-c3cncnc3)n[nH]2)c(F)c(F)c1F. The minimum Gasteiger partial charge on any atom is -0.277 e. The third-order valence-electron chi connectivity index (χ3n) is 2.83. The molecule has 0 saturated heterocycles. The monoisotopic (exact) mass is 294 g/mol. The smallest absolute Gasteiger partial charge is 0.198 e. The van der Waals surface area contributed by atoms with Gasteiger partial charge in [-0.3, -0.25) is 5.10 Å². The number of aromatic amines is 1. The average molecular weight is 294 g/mol. The lowest BCUT2D eigenvalue weighted by Crippen LogP contribution is -1.98. The summed E-state index contributed by atoms with van der Waals surface area (Å²) in [4.78, 5) is 7.58. The molecule has 1 N–H and O–H groups in total. The maximum Gasteiger partial charge on any atom is 0.198 e. The molecule has 4 nitrogen and oxygen atoms in total. The Bertz CT molecular complexity index is 801. The molecule has 2 aromatic heterocycles. The van der Waals surface area contributed by atoms with E-state index >= 15 is 0 Å². The molecule has 0 amide bonds. The van der Waals surface area contributed by atoms with Crippen LogP contribution in [0.5, 0.6) is 0 Å². The number of nitrogens with one attached hydrogen (secondary N) is 1. The van der Waals surface area contributed by atoms with Crippen LogP contribution in [0, 0.1) is 23.3 Å². The van der Waals surface area contributed by atoms with E-state index < -0.39 is 28.8 Å². The van der Waals surface area contributed by atoms with Crippen molar-refractivity contribution in [3.05, 3.63) is 54.1 Å². The molecule has 0 saturated carbocycles. The maximum absolute atomic E-state index is 13.7. The Labute approximate surface area is 115 Å². The van der Waals surface area contributed by atoms with Crippen molar-refractivity contribution in [1.82, 2.24) is 20.2 Å². The molecule has 0 bridgehead atoms. The number of hydrogen-bond donors (Lipinski definition) is 1. The molecule has 2 heterocycles. The molecule has 0 radical (unpaired) electrons. The van der Waals surface area contributed by atoms with Gasteiger partial charge in [-0.25, -0.2) is 27.5 Å². The minimum atomic E-state index is -1.87. The second-order valence-corrected chi connectivity index (χ2v) is 4.14. The highest BCUT2D eigenvalue weighted by Gasteiger charge is 2.21. The number of rotatable bonds is 2. The van der Waals surface area contributed by atoms with Crippen LogP contribution in [0.15, 0.2) is 30.9 Å². The Balaban J connectivity index is 2.09. The van der Waals surface area contributed by atoms with E-state index in [1.807, 2.05) is 0 Å². The molecule has 21 heavy (non-hydrogen) atoms. The molecule has 1 aromatic carbocycles. The number of aromatic nitrogens is 4. The number of halogens is 4. The van der Waals surface area contributed by atoms with E-state index in [1.165, 1.54) is 24.8 Å². The third-order valence-corrected chi connectivity index (χ3v) is 2.83. The highest BCUT2D eigenvalue weighted by Crippen LogP contribution is 2.28. The Morgan fingerprint density at radius 1 is 0.857 bits per heavy atom. The molecule has 3 aromatic rings. The highest BCUT2D eigenvalue weighted by molar-refractivity contribution is 5.67. The van der Waals surface area contributed by atoms with Crippen LogP contribution in [-0.2, 0) is 0 Å². The molecule has 0 spiro atoms. The fraction of sp³-hybridized carbons (Fsp3) is 0. The van der Waals surface area contributed by atoms with Gasteiger partial charge in [0.25, 0.3) is 0 Å². The summed E-state index contributed by atoms with van der Waals surface area (Å²) in [6.07, 6.45) is 4.26. The quantitative estimate of drug-likeness (QED) is 0.449. The van der Waals surface area contributed by atoms with Crippen LogP contribution >= 0.6 is 0 Å². The molecule has 0 aliphatic carbocycles. The first-order chi connectivity index (χ1) is 10.1. The summed E-state index contributed by atoms with van der Waals surface area (Å²) in [5.41, 5.74) is 0.435. The van der Waals surface area contributed by atoms with Crippen LogP contribution in [0.25, 0.3) is 22.5 Å². The van der Waals surface area contributed by atoms with Crippen LogP contribution in [0.2, 0.25) is 0 Å². The first kappa shape index (κ1) is 13.2. The van der Waals surface area contributed by atoms with Gasteiger partial charge in [0.2, 0.25) is 0 Å². The maximum atomic E-state index is 13.7. The standard InChI is InChI=1S/C13H6F4N4/c14-8-1-7(11(15)13(17)12(8)16)10-2-9(20-21-10)6-3-18-5-19-4-6/h1-5H,(H,20,21). The summed E-state index contributed by atoms with van der Waals surface area (Å²) >= 11 is 0. The van der Waals surface area contributed by atoms with E-state index in [2.05, 4.69) is 20.2 Å². The summed E-state index contributed by atoms with van der Waals surface area (Å²) in [5.74, 6) is -6.70. The summed E-state index contributed by atoms with van der Waals surface area (Å²) < 4.78 is 53.0. The van der Waals surface area contributed by atoms with Crippen molar-refractivity contribution in [3.8, 4) is 22.5 Å². The van der Waals surface area contributed by atoms with E-state index in [1.54, 1.807) is 0 Å². The van der Waals surface area contributed by atoms with Gasteiger partial charge in [0, 0.05) is 23.5 Å². The zero-order valence-electron chi connectivity index (χ0n) is 10.2. The summed E-state index contributed by atoms with van der Waals surface area (Å²) in [6, 6.07) is 1.92. The van der Waals surface area contributed by atoms with Crippen molar-refractivity contribution in [2.75, 3.05) is 0 Å². The van der Waals surface area contributed by atoms with E-state index in [-0.39, 0.29) is 5.69 Å². The number of benzene rings is 1. The number of nitrogens with zero attached hydrogens (tertiary/aromatic N) is 3. The van der Waals surface area contributed by atoms with Gasteiger partial charge in [-0.15, -0.1) is 0 Å². The van der Waals surface area contributed by atoms with Gasteiger partial charge < -0.3 is 0 Å². The van der Waals surface area contributed by atoms with Crippen LogP contribution in [0.4, 0.5) is 17.6 Å². The molecule has 8 heteroatoms. The first-order valence-electron chi connectivity index (χ1n) is 5.72. The predicted molar refractivity (Wildman–Crippen MR) is 64.9 cm³/mol. The first-order valence-corrected chi connectivity index (χ1v) is 5.72. The van der Waals surface area contributed by atoms with Gasteiger partial charge in [0.05, 0.1) is 11.4 Å². The van der Waals surface area contributed by atoms with E-state index in [4.69, 9.17) is 0 Å². The lowest BCUT2D eigenvalue weighted by atomic mass is 10.1. The number of hydrogen-bond acceptors (Lipinski definition) is 3. The molecule has 0 unspecified atom stereocenters. The molecule has 0 aliphatic rings. The Morgan fingerprint density at radius 2 is 1.57 bits per heavy atom. The van der Waals surface area contributed by atoms with Crippen LogP contribution < -0.4 is 0 Å². The van der Waals surface area contributed by atoms with Gasteiger partial charge in [0.1, 0.15) is 6.33 Å². The highest BCUT2D eigenvalue weighted by atomic mass is 19.2. The molecular formula is C13H6F4N4. The van der Waals surface area contributed by atoms with Crippen molar-refractivity contribution in [3.63, 3.8) is 0 Å². The van der Waals surface area contributed by atoms with Crippen LogP contribution in [0.1, 0.15) is 0 Å². The van der Waals surface area contributed by atoms with Gasteiger partial charge in [0.15, 0.2) is 23.3 Å². The topological polar surface area (TPSA) is 54.5 Å². The van der Waals surface area contributed by atoms with E-state index in [0.29, 0.717) is 17.3 Å². The third kappa shape index (κ3) is 2.24. The molecule has 0 fully saturated rings.